The molecule has 0 heterocycles. The first-order valence-electron chi connectivity index (χ1n) is 6.98. The molecule has 23 heavy (non-hydrogen) atoms. The maximum atomic E-state index is 2.44. The Morgan fingerprint density at radius 2 is 0.696 bits per heavy atom. The third kappa shape index (κ3) is 4.60. The van der Waals surface area contributed by atoms with Gasteiger partial charge in [0.15, 0.2) is 0 Å². The Balaban J connectivity index is 0.00000161. The standard InChI is InChI=1S/C19H19P.2ClH.Mn/c1-20(17-11-5-2-6-12-17,18-13-7-3-8-14-18)19-15-9-4-10-16-19;;;/h2-16,20H,1H3;2*1H;/q;;;+2/p-2. The summed E-state index contributed by atoms with van der Waals surface area (Å²) < 4.78 is 0. The molecule has 0 unspecified atom stereocenters. The maximum Gasteiger partial charge on any atom is 2.00 e. The van der Waals surface area contributed by atoms with Crippen molar-refractivity contribution in [3.8, 4) is 0 Å². The molecular formula is C19H19Cl2MnP. The first-order chi connectivity index (χ1) is 9.82. The van der Waals surface area contributed by atoms with Crippen LogP contribution in [0.2, 0.25) is 0 Å². The topological polar surface area (TPSA) is 0 Å². The van der Waals surface area contributed by atoms with Gasteiger partial charge in [0.25, 0.3) is 0 Å². The molecule has 121 valence electrons. The van der Waals surface area contributed by atoms with E-state index in [2.05, 4.69) is 97.7 Å². The minimum absolute atomic E-state index is 0. The molecule has 0 atom stereocenters. The molecule has 0 saturated carbocycles. The second-order valence-electron chi connectivity index (χ2n) is 5.22. The number of halogens is 2. The van der Waals surface area contributed by atoms with E-state index in [1.54, 1.807) is 0 Å². The van der Waals surface area contributed by atoms with Crippen LogP contribution in [0.5, 0.6) is 0 Å². The molecule has 0 aromatic heterocycles. The summed E-state index contributed by atoms with van der Waals surface area (Å²) in [5, 5.41) is 4.37. The second-order valence-corrected chi connectivity index (χ2v) is 9.21. The fraction of sp³-hybridized carbons (Fsp3) is 0.0526. The van der Waals surface area contributed by atoms with Gasteiger partial charge < -0.3 is 24.8 Å². The molecule has 0 fully saturated rings. The van der Waals surface area contributed by atoms with Gasteiger partial charge in [-0.05, 0) is 0 Å². The SMILES string of the molecule is C[PH](c1ccccc1)(c1ccccc1)c1ccccc1.[Cl-].[Cl-].[Mn+2]. The fourth-order valence-corrected chi connectivity index (χ4v) is 6.39. The van der Waals surface area contributed by atoms with Crippen LogP contribution >= 0.6 is 7.26 Å². The molecule has 0 spiro atoms. The Kier molecular flexibility index (Phi) is 9.78. The molecule has 0 aliphatic rings. The molecule has 0 saturated heterocycles. The first kappa shape index (κ1) is 22.2. The quantitative estimate of drug-likeness (QED) is 0.331. The van der Waals surface area contributed by atoms with Gasteiger partial charge in [0.1, 0.15) is 0 Å². The molecule has 0 nitrogen and oxygen atoms in total. The summed E-state index contributed by atoms with van der Waals surface area (Å²) in [5.41, 5.74) is 0. The Morgan fingerprint density at radius 1 is 0.478 bits per heavy atom. The third-order valence-electron chi connectivity index (χ3n) is 4.05. The van der Waals surface area contributed by atoms with E-state index in [9.17, 15) is 0 Å². The van der Waals surface area contributed by atoms with Crippen LogP contribution in [0, 0.1) is 0 Å². The van der Waals surface area contributed by atoms with E-state index >= 15 is 0 Å². The molecule has 4 heteroatoms. The molecular weight excluding hydrogens is 385 g/mol. The summed E-state index contributed by atoms with van der Waals surface area (Å²) in [6, 6.07) is 32.8. The number of benzene rings is 3. The Labute approximate surface area is 162 Å². The number of rotatable bonds is 3. The maximum absolute atomic E-state index is 2.44. The molecule has 0 amide bonds. The third-order valence-corrected chi connectivity index (χ3v) is 8.52. The molecule has 3 rings (SSSR count). The van der Waals surface area contributed by atoms with Crippen molar-refractivity contribution in [2.75, 3.05) is 6.66 Å². The van der Waals surface area contributed by atoms with Crippen LogP contribution in [0.15, 0.2) is 91.0 Å². The van der Waals surface area contributed by atoms with Crippen molar-refractivity contribution < 1.29 is 41.9 Å². The second kappa shape index (κ2) is 10.1. The normalized spacial score (nSPS) is 10.5. The van der Waals surface area contributed by atoms with E-state index in [-0.39, 0.29) is 41.9 Å². The van der Waals surface area contributed by atoms with E-state index in [4.69, 9.17) is 0 Å². The van der Waals surface area contributed by atoms with Crippen molar-refractivity contribution >= 4 is 23.2 Å². The zero-order valence-electron chi connectivity index (χ0n) is 12.8. The van der Waals surface area contributed by atoms with Crippen molar-refractivity contribution in [1.29, 1.82) is 0 Å². The molecule has 0 aliphatic carbocycles. The van der Waals surface area contributed by atoms with Crippen LogP contribution < -0.4 is 40.7 Å². The molecule has 3 aromatic rings. The summed E-state index contributed by atoms with van der Waals surface area (Å²) in [4.78, 5) is 0. The van der Waals surface area contributed by atoms with Crippen molar-refractivity contribution in [3.63, 3.8) is 0 Å². The zero-order chi connectivity index (χ0) is 13.8. The minimum atomic E-state index is -1.88. The van der Waals surface area contributed by atoms with Gasteiger partial charge >= 0.3 is 138 Å². The predicted octanol–water partition coefficient (Wildman–Crippen LogP) is -2.65. The monoisotopic (exact) mass is 403 g/mol. The predicted molar refractivity (Wildman–Crippen MR) is 92.5 cm³/mol. The summed E-state index contributed by atoms with van der Waals surface area (Å²) in [7, 11) is -1.88. The van der Waals surface area contributed by atoms with E-state index in [1.165, 1.54) is 15.9 Å². The number of hydrogen-bond acceptors (Lipinski definition) is 0. The van der Waals surface area contributed by atoms with E-state index in [1.807, 2.05) is 0 Å². The van der Waals surface area contributed by atoms with Crippen LogP contribution in [-0.4, -0.2) is 6.66 Å². The first-order valence-corrected chi connectivity index (χ1v) is 9.48. The summed E-state index contributed by atoms with van der Waals surface area (Å²) >= 11 is 0. The van der Waals surface area contributed by atoms with Gasteiger partial charge in [-0.25, -0.2) is 0 Å². The van der Waals surface area contributed by atoms with Crippen LogP contribution in [0.4, 0.5) is 0 Å². The van der Waals surface area contributed by atoms with E-state index < -0.39 is 7.26 Å². The van der Waals surface area contributed by atoms with Crippen LogP contribution in [0.25, 0.3) is 0 Å². The number of hydrogen-bond donors (Lipinski definition) is 0. The van der Waals surface area contributed by atoms with Crippen LogP contribution in [0.3, 0.4) is 0 Å². The van der Waals surface area contributed by atoms with Gasteiger partial charge in [0.2, 0.25) is 0 Å². The summed E-state index contributed by atoms with van der Waals surface area (Å²) in [6.07, 6.45) is 0. The zero-order valence-corrected chi connectivity index (χ0v) is 16.5. The van der Waals surface area contributed by atoms with Crippen LogP contribution in [-0.2, 0) is 17.1 Å². The fourth-order valence-electron chi connectivity index (χ4n) is 2.81. The Bertz CT molecular complexity index is 579. The van der Waals surface area contributed by atoms with Crippen molar-refractivity contribution in [2.24, 2.45) is 0 Å². The van der Waals surface area contributed by atoms with Gasteiger partial charge in [0.05, 0.1) is 0 Å². The average molecular weight is 404 g/mol. The van der Waals surface area contributed by atoms with Gasteiger partial charge in [-0.1, -0.05) is 0 Å². The molecule has 1 radical (unpaired) electrons. The largest absolute Gasteiger partial charge is 2.00 e. The van der Waals surface area contributed by atoms with Gasteiger partial charge in [-0.2, -0.15) is 0 Å². The Morgan fingerprint density at radius 3 is 0.913 bits per heavy atom. The molecule has 0 aliphatic heterocycles. The molecule has 3 aromatic carbocycles. The Hall–Kier alpha value is -0.811. The van der Waals surface area contributed by atoms with Crippen molar-refractivity contribution in [3.05, 3.63) is 91.0 Å². The summed E-state index contributed by atoms with van der Waals surface area (Å²) in [6.45, 7) is 2.44. The minimum Gasteiger partial charge on any atom is -1.00 e. The van der Waals surface area contributed by atoms with E-state index in [0.29, 0.717) is 0 Å². The molecule has 0 N–H and O–H groups in total. The average Bonchev–Trinajstić information content (AvgIpc) is 2.56. The van der Waals surface area contributed by atoms with Gasteiger partial charge in [-0.3, -0.25) is 0 Å². The molecule has 0 bridgehead atoms. The van der Waals surface area contributed by atoms with Crippen molar-refractivity contribution in [2.45, 2.75) is 0 Å². The van der Waals surface area contributed by atoms with Gasteiger partial charge in [-0.15, -0.1) is 0 Å². The summed E-state index contributed by atoms with van der Waals surface area (Å²) in [5.74, 6) is 0. The van der Waals surface area contributed by atoms with Crippen molar-refractivity contribution in [1.82, 2.24) is 0 Å². The van der Waals surface area contributed by atoms with E-state index in [0.717, 1.165) is 0 Å². The van der Waals surface area contributed by atoms with Crippen LogP contribution in [0.1, 0.15) is 0 Å². The smallest absolute Gasteiger partial charge is 1.00 e. The van der Waals surface area contributed by atoms with Gasteiger partial charge in [0, 0.05) is 0 Å².